The number of ketones is 1. The summed E-state index contributed by atoms with van der Waals surface area (Å²) in [5.74, 6) is 0.352. The van der Waals surface area contributed by atoms with Crippen molar-refractivity contribution in [1.29, 1.82) is 0 Å². The second-order valence-electron chi connectivity index (χ2n) is 10.3. The molecule has 5 aliphatic rings. The Balaban J connectivity index is 1.01. The zero-order valence-corrected chi connectivity index (χ0v) is 19.8. The molecule has 36 heavy (non-hydrogen) atoms. The van der Waals surface area contributed by atoms with Crippen LogP contribution in [0.1, 0.15) is 55.3 Å². The highest BCUT2D eigenvalue weighted by Crippen LogP contribution is 2.65. The van der Waals surface area contributed by atoms with Crippen LogP contribution in [0.3, 0.4) is 0 Å². The van der Waals surface area contributed by atoms with Gasteiger partial charge in [-0.3, -0.25) is 19.0 Å². The molecule has 1 N–H and O–H groups in total. The number of alkyl halides is 3. The maximum absolute atomic E-state index is 12.9. The van der Waals surface area contributed by atoms with Gasteiger partial charge in [-0.25, -0.2) is 0 Å². The number of aromatic nitrogens is 2. The van der Waals surface area contributed by atoms with E-state index in [0.29, 0.717) is 54.2 Å². The zero-order valence-electron chi connectivity index (χ0n) is 19.0. The summed E-state index contributed by atoms with van der Waals surface area (Å²) in [6, 6.07) is 4.75. The molecule has 12 heteroatoms. The summed E-state index contributed by atoms with van der Waals surface area (Å²) >= 11 is 5.95. The first kappa shape index (κ1) is 23.6. The largest absolute Gasteiger partial charge is 0.522 e. The predicted molar refractivity (Wildman–Crippen MR) is 119 cm³/mol. The highest BCUT2D eigenvalue weighted by Gasteiger charge is 2.70. The molecule has 7 rings (SSSR count). The number of fused-ring (bicyclic) bond motifs is 1. The highest BCUT2D eigenvalue weighted by atomic mass is 35.5. The molecule has 0 spiro atoms. The van der Waals surface area contributed by atoms with Crippen LogP contribution in [0, 0.1) is 0 Å². The molecule has 0 radical (unpaired) electrons. The van der Waals surface area contributed by atoms with E-state index in [1.54, 1.807) is 30.6 Å². The lowest BCUT2D eigenvalue weighted by atomic mass is 9.44. The maximum Gasteiger partial charge on any atom is 0.522 e. The van der Waals surface area contributed by atoms with Crippen molar-refractivity contribution in [2.75, 3.05) is 0 Å². The van der Waals surface area contributed by atoms with Crippen molar-refractivity contribution >= 4 is 23.3 Å². The molecule has 0 unspecified atom stereocenters. The first-order valence-electron chi connectivity index (χ1n) is 11.8. The number of nitrogens with one attached hydrogen (secondary N) is 1. The Bertz CT molecular complexity index is 1210. The fraction of sp³-hybridized carbons (Fsp3) is 0.542. The number of carbonyl (C=O) groups excluding carboxylic acids is 2. The average Bonchev–Trinajstić information content (AvgIpc) is 3.38. The minimum Gasteiger partial charge on any atom is -0.487 e. The van der Waals surface area contributed by atoms with Crippen molar-refractivity contribution in [2.45, 2.75) is 80.7 Å². The molecule has 4 fully saturated rings. The molecule has 2 aromatic rings. The van der Waals surface area contributed by atoms with E-state index >= 15 is 0 Å². The molecule has 0 saturated heterocycles. The Kier molecular flexibility index (Phi) is 5.31. The maximum atomic E-state index is 12.9. The van der Waals surface area contributed by atoms with Gasteiger partial charge in [0.05, 0.1) is 36.0 Å². The Morgan fingerprint density at radius 2 is 1.97 bits per heavy atom. The number of benzene rings is 1. The fourth-order valence-electron chi connectivity index (χ4n) is 6.02. The van der Waals surface area contributed by atoms with Gasteiger partial charge in [-0.15, -0.1) is 13.2 Å². The van der Waals surface area contributed by atoms with Crippen LogP contribution in [-0.4, -0.2) is 51.7 Å². The quantitative estimate of drug-likeness (QED) is 0.609. The summed E-state index contributed by atoms with van der Waals surface area (Å²) in [4.78, 5) is 25.3. The number of hydrogen-bond donors (Lipinski definition) is 1. The van der Waals surface area contributed by atoms with Gasteiger partial charge in [0, 0.05) is 17.0 Å². The molecule has 2 heterocycles. The van der Waals surface area contributed by atoms with Crippen LogP contribution in [0.5, 0.6) is 11.5 Å². The molecule has 3 atom stereocenters. The van der Waals surface area contributed by atoms with E-state index in [0.717, 1.165) is 0 Å². The van der Waals surface area contributed by atoms with Crippen molar-refractivity contribution < 1.29 is 37.0 Å². The first-order chi connectivity index (χ1) is 17.0. The number of Topliss-reactive ketones (excluding diaryl/α,β-unsaturated/α-hetero) is 1. The van der Waals surface area contributed by atoms with E-state index in [9.17, 15) is 22.8 Å². The van der Waals surface area contributed by atoms with Gasteiger partial charge in [0.25, 0.3) is 5.91 Å². The van der Waals surface area contributed by atoms with Gasteiger partial charge >= 0.3 is 6.36 Å². The third kappa shape index (κ3) is 4.21. The second kappa shape index (κ2) is 8.11. The van der Waals surface area contributed by atoms with Gasteiger partial charge < -0.3 is 14.8 Å². The van der Waals surface area contributed by atoms with Crippen LogP contribution in [0.25, 0.3) is 0 Å². The zero-order chi connectivity index (χ0) is 25.3. The smallest absolute Gasteiger partial charge is 0.487 e. The molecule has 1 aliphatic heterocycles. The van der Waals surface area contributed by atoms with E-state index in [4.69, 9.17) is 21.1 Å². The number of ether oxygens (including phenoxy) is 3. The van der Waals surface area contributed by atoms with E-state index in [1.165, 1.54) is 0 Å². The van der Waals surface area contributed by atoms with Crippen LogP contribution >= 0.6 is 11.6 Å². The number of halogens is 4. The minimum absolute atomic E-state index is 0.0453. The molecular weight excluding hydrogens is 503 g/mol. The average molecular weight is 526 g/mol. The van der Waals surface area contributed by atoms with Gasteiger partial charge in [0.1, 0.15) is 11.9 Å². The van der Waals surface area contributed by atoms with Crippen LogP contribution < -0.4 is 14.8 Å². The van der Waals surface area contributed by atoms with Crippen molar-refractivity contribution in [1.82, 2.24) is 15.1 Å². The molecule has 1 aromatic heterocycles. The molecule has 1 amide bonds. The Morgan fingerprint density at radius 3 is 2.72 bits per heavy atom. The monoisotopic (exact) mass is 525 g/mol. The number of amides is 1. The summed E-state index contributed by atoms with van der Waals surface area (Å²) in [5, 5.41) is 7.89. The number of hydrogen-bond acceptors (Lipinski definition) is 6. The minimum atomic E-state index is -4.64. The third-order valence-electron chi connectivity index (χ3n) is 7.55. The molecule has 1 aromatic carbocycles. The Morgan fingerprint density at radius 1 is 1.22 bits per heavy atom. The lowest BCUT2D eigenvalue weighted by Gasteiger charge is -2.70. The van der Waals surface area contributed by atoms with Crippen LogP contribution in [0.4, 0.5) is 13.2 Å². The lowest BCUT2D eigenvalue weighted by Crippen LogP contribution is -2.79. The molecule has 2 bridgehead atoms. The Labute approximate surface area is 209 Å². The topological polar surface area (TPSA) is 91.7 Å². The Hall–Kier alpha value is -2.79. The number of nitrogens with zero attached hydrogens (tertiary/aromatic N) is 2. The van der Waals surface area contributed by atoms with E-state index in [-0.39, 0.29) is 41.7 Å². The van der Waals surface area contributed by atoms with Crippen molar-refractivity contribution in [3.8, 4) is 11.5 Å². The summed E-state index contributed by atoms with van der Waals surface area (Å²) < 4.78 is 54.8. The number of carbonyl (C=O) groups is 2. The summed E-state index contributed by atoms with van der Waals surface area (Å²) in [5.41, 5.74) is -0.197. The standard InChI is InChI=1S/C24H23ClF3N3O5/c25-13-1-4-19-17(5-13)18(32)7-20(35-19)21(33)30-22-10-23(11-22,12-22)31-9-16(8-29-31)34-14-2-3-15(6-14)36-24(26,27)28/h1,4-5,8-9,14-15,20H,2-3,6-7,10-12H2,(H,30,33)/t14-,15-,20-,22?,23?/m1/s1. The number of rotatable bonds is 6. The van der Waals surface area contributed by atoms with Crippen molar-refractivity contribution in [3.05, 3.63) is 41.2 Å². The van der Waals surface area contributed by atoms with E-state index in [2.05, 4.69) is 15.2 Å². The van der Waals surface area contributed by atoms with Gasteiger partial charge in [-0.2, -0.15) is 5.10 Å². The normalized spacial score (nSPS) is 32.7. The fourth-order valence-corrected chi connectivity index (χ4v) is 6.19. The van der Waals surface area contributed by atoms with Crippen molar-refractivity contribution in [2.24, 2.45) is 0 Å². The van der Waals surface area contributed by atoms with Gasteiger partial charge in [-0.1, -0.05) is 11.6 Å². The van der Waals surface area contributed by atoms with E-state index in [1.807, 2.05) is 4.68 Å². The van der Waals surface area contributed by atoms with Crippen LogP contribution in [0.15, 0.2) is 30.6 Å². The van der Waals surface area contributed by atoms with Gasteiger partial charge in [0.15, 0.2) is 17.6 Å². The summed E-state index contributed by atoms with van der Waals surface area (Å²) in [7, 11) is 0. The lowest BCUT2D eigenvalue weighted by molar-refractivity contribution is -0.341. The van der Waals surface area contributed by atoms with Gasteiger partial charge in [0.2, 0.25) is 0 Å². The summed E-state index contributed by atoms with van der Waals surface area (Å²) in [6.45, 7) is 0. The molecule has 4 saturated carbocycles. The van der Waals surface area contributed by atoms with Crippen LogP contribution in [0.2, 0.25) is 5.02 Å². The van der Waals surface area contributed by atoms with Gasteiger partial charge in [-0.05, 0) is 50.3 Å². The first-order valence-corrected chi connectivity index (χ1v) is 12.2. The second-order valence-corrected chi connectivity index (χ2v) is 10.7. The molecule has 192 valence electrons. The predicted octanol–water partition coefficient (Wildman–Crippen LogP) is 4.15. The molecule has 4 aliphatic carbocycles. The summed E-state index contributed by atoms with van der Waals surface area (Å²) in [6.07, 6.45) is -0.494. The molecular formula is C24H23ClF3N3O5. The highest BCUT2D eigenvalue weighted by molar-refractivity contribution is 6.31. The van der Waals surface area contributed by atoms with Crippen molar-refractivity contribution in [3.63, 3.8) is 0 Å². The van der Waals surface area contributed by atoms with E-state index < -0.39 is 18.6 Å². The van der Waals surface area contributed by atoms with Crippen LogP contribution in [-0.2, 0) is 15.1 Å². The third-order valence-corrected chi connectivity index (χ3v) is 7.78. The molecule has 8 nitrogen and oxygen atoms in total. The SMILES string of the molecule is O=C1C[C@H](C(=O)NC23CC(n4cc(O[C@@H]5CC[C@@H](OC(F)(F)F)C5)cn4)(C2)C3)Oc2ccc(Cl)cc21.